The molecule has 78 heavy (non-hydrogen) atoms. The summed E-state index contributed by atoms with van der Waals surface area (Å²) < 4.78 is 0. The monoisotopic (exact) mass is 1080 g/mol. The van der Waals surface area contributed by atoms with Crippen LogP contribution in [0.15, 0.2) is 60.7 Å². The van der Waals surface area contributed by atoms with Crippen molar-refractivity contribution in [2.75, 3.05) is 40.8 Å². The maximum atomic E-state index is 14.9. The summed E-state index contributed by atoms with van der Waals surface area (Å²) in [7, 11) is 4.15. The van der Waals surface area contributed by atoms with E-state index in [1.165, 1.54) is 56.6 Å². The Hall–Kier alpha value is -6.90. The van der Waals surface area contributed by atoms with Gasteiger partial charge in [-0.15, -0.1) is 0 Å². The molecule has 1 unspecified atom stereocenters. The fourth-order valence-electron chi connectivity index (χ4n) is 10.3. The van der Waals surface area contributed by atoms with Crippen LogP contribution in [0, 0.1) is 11.8 Å². The summed E-state index contributed by atoms with van der Waals surface area (Å²) >= 11 is 0. The van der Waals surface area contributed by atoms with Crippen LogP contribution in [0.2, 0.25) is 0 Å². The molecule has 3 fully saturated rings. The fraction of sp³-hybridized carbons (Fsp3) is 0.614. The van der Waals surface area contributed by atoms with E-state index in [1.807, 2.05) is 20.8 Å². The average molecular weight is 1090 g/mol. The molecule has 2 aromatic carbocycles. The number of aliphatic hydroxyl groups excluding tert-OH is 1. The number of carbonyl (C=O) groups excluding carboxylic acids is 10. The number of carbonyl (C=O) groups is 10. The third kappa shape index (κ3) is 16.1. The molecule has 3 aliphatic rings. The van der Waals surface area contributed by atoms with Gasteiger partial charge in [0.05, 0.1) is 12.5 Å². The number of nitrogens with one attached hydrogen (secondary N) is 5. The molecule has 3 saturated heterocycles. The van der Waals surface area contributed by atoms with Gasteiger partial charge in [0.15, 0.2) is 0 Å². The number of hydrogen-bond donors (Lipinski definition) is 6. The molecule has 428 valence electrons. The van der Waals surface area contributed by atoms with E-state index in [0.717, 1.165) is 24.2 Å². The van der Waals surface area contributed by atoms with Crippen LogP contribution in [-0.2, 0) is 60.8 Å². The van der Waals surface area contributed by atoms with Crippen LogP contribution in [0.1, 0.15) is 111 Å². The largest absolute Gasteiger partial charge is 0.391 e. The summed E-state index contributed by atoms with van der Waals surface area (Å²) in [5.41, 5.74) is 1.30. The first-order chi connectivity index (χ1) is 36.9. The van der Waals surface area contributed by atoms with Crippen molar-refractivity contribution in [1.82, 2.24) is 51.1 Å². The average Bonchev–Trinajstić information content (AvgIpc) is 3.94. The molecule has 0 radical (unpaired) electrons. The van der Waals surface area contributed by atoms with Gasteiger partial charge in [-0.25, -0.2) is 0 Å². The SMILES string of the molecule is CC[C@H](C)[C@@H]1NC(=O)[C@H](C)NC(=O)C[C@@H](C(=O)N2CCCCC2)NC(=O)[C@@H]2CCCN2C(=O)C(CC(C)C)NC(=O)[C@H](Cc2ccccc2)N(C)C(=O)[C@H]([C@@H](C)O)NC(=O)[C@H](Cc2ccccc2)N(C)C(=O)[C@H](C)N(C)C1=O. The summed E-state index contributed by atoms with van der Waals surface area (Å²) in [6.07, 6.45) is 1.35. The minimum atomic E-state index is -1.65. The molecule has 0 aromatic heterocycles. The molecule has 0 aliphatic carbocycles. The maximum absolute atomic E-state index is 14.9. The van der Waals surface area contributed by atoms with E-state index in [4.69, 9.17) is 0 Å². The molecule has 0 saturated carbocycles. The van der Waals surface area contributed by atoms with E-state index in [1.54, 1.807) is 72.5 Å². The molecular weight excluding hydrogens is 1000 g/mol. The number of hydrogen-bond acceptors (Lipinski definition) is 11. The molecule has 6 N–H and O–H groups in total. The van der Waals surface area contributed by atoms with Crippen molar-refractivity contribution >= 4 is 59.1 Å². The van der Waals surface area contributed by atoms with Crippen molar-refractivity contribution in [3.63, 3.8) is 0 Å². The lowest BCUT2D eigenvalue weighted by atomic mass is 9.96. The van der Waals surface area contributed by atoms with Crippen molar-refractivity contribution in [3.05, 3.63) is 71.8 Å². The predicted octanol–water partition coefficient (Wildman–Crippen LogP) is 1.30. The predicted molar refractivity (Wildman–Crippen MR) is 291 cm³/mol. The first-order valence-corrected chi connectivity index (χ1v) is 27.6. The van der Waals surface area contributed by atoms with E-state index in [2.05, 4.69) is 26.6 Å². The number of aliphatic hydroxyl groups is 1. The lowest BCUT2D eigenvalue weighted by Gasteiger charge is -2.37. The van der Waals surface area contributed by atoms with Gasteiger partial charge in [0.2, 0.25) is 59.1 Å². The highest BCUT2D eigenvalue weighted by atomic mass is 16.3. The summed E-state index contributed by atoms with van der Waals surface area (Å²) in [5, 5.41) is 25.0. The second kappa shape index (κ2) is 28.6. The number of fused-ring (bicyclic) bond motifs is 1. The third-order valence-corrected chi connectivity index (χ3v) is 15.5. The summed E-state index contributed by atoms with van der Waals surface area (Å²) in [6, 6.07) is 6.09. The lowest BCUT2D eigenvalue weighted by molar-refractivity contribution is -0.150. The Balaban J connectivity index is 1.60. The van der Waals surface area contributed by atoms with Crippen LogP contribution < -0.4 is 26.6 Å². The minimum absolute atomic E-state index is 0.0505. The Morgan fingerprint density at radius 3 is 1.67 bits per heavy atom. The number of piperidine rings is 1. The van der Waals surface area contributed by atoms with E-state index in [9.17, 15) is 53.1 Å². The molecule has 11 atom stereocenters. The van der Waals surface area contributed by atoms with Gasteiger partial charge in [0.25, 0.3) is 0 Å². The third-order valence-electron chi connectivity index (χ3n) is 15.5. The van der Waals surface area contributed by atoms with E-state index < -0.39 is 132 Å². The fourth-order valence-corrected chi connectivity index (χ4v) is 10.3. The second-order valence-corrected chi connectivity index (χ2v) is 21.9. The summed E-state index contributed by atoms with van der Waals surface area (Å²) in [6.45, 7) is 12.5. The van der Waals surface area contributed by atoms with Gasteiger partial charge < -0.3 is 56.2 Å². The maximum Gasteiger partial charge on any atom is 0.248 e. The standard InChI is InChI=1S/C57H84N10O11/c1-11-35(4)47-56(77)63(8)37(6)53(74)64(9)45(32-40-24-17-13-18-25-40)52(73)62-48(38(7)68)57(78)65(10)44(31-39-22-15-12-16-23-39)51(72)59-41(30-34(2)3)55(76)67-29-21-26-43(67)50(71)60-42(54(75)66-27-19-14-20-28-66)33-46(69)58-36(5)49(70)61-47/h12-13,15-18,22-25,34-38,41-45,47-48,68H,11,14,19-21,26-33H2,1-10H3,(H,58,69)(H,59,72)(H,60,71)(H,61,70)(H,62,73)/t35-,36-,37-,38+,41?,42-,43-,44-,45-,47-,48-/m0/s1. The number of benzene rings is 2. The van der Waals surface area contributed by atoms with Crippen molar-refractivity contribution in [1.29, 1.82) is 0 Å². The van der Waals surface area contributed by atoms with Gasteiger partial charge in [-0.2, -0.15) is 0 Å². The van der Waals surface area contributed by atoms with E-state index in [-0.39, 0.29) is 38.1 Å². The molecular formula is C57H84N10O11. The Kier molecular flexibility index (Phi) is 22.7. The minimum Gasteiger partial charge on any atom is -0.391 e. The Labute approximate surface area is 459 Å². The van der Waals surface area contributed by atoms with Crippen molar-refractivity contribution < 1.29 is 53.1 Å². The summed E-state index contributed by atoms with van der Waals surface area (Å²) in [4.78, 5) is 151. The van der Waals surface area contributed by atoms with Crippen LogP contribution in [0.25, 0.3) is 0 Å². The lowest BCUT2D eigenvalue weighted by Crippen LogP contribution is -2.63. The molecule has 10 amide bonds. The van der Waals surface area contributed by atoms with Crippen molar-refractivity contribution in [2.45, 2.75) is 173 Å². The van der Waals surface area contributed by atoms with Crippen LogP contribution in [0.4, 0.5) is 0 Å². The number of amides is 10. The summed E-state index contributed by atoms with van der Waals surface area (Å²) in [5.74, 6) is -7.56. The van der Waals surface area contributed by atoms with Gasteiger partial charge in [-0.05, 0) is 82.3 Å². The van der Waals surface area contributed by atoms with E-state index >= 15 is 0 Å². The first-order valence-electron chi connectivity index (χ1n) is 27.6. The number of rotatable bonds is 10. The molecule has 2 aromatic rings. The zero-order valence-electron chi connectivity index (χ0n) is 47.2. The van der Waals surface area contributed by atoms with E-state index in [0.29, 0.717) is 37.1 Å². The Morgan fingerprint density at radius 1 is 0.603 bits per heavy atom. The van der Waals surface area contributed by atoms with Crippen molar-refractivity contribution in [3.8, 4) is 0 Å². The number of likely N-dealkylation sites (tertiary alicyclic amines) is 1. The smallest absolute Gasteiger partial charge is 0.248 e. The molecule has 21 nitrogen and oxygen atoms in total. The van der Waals surface area contributed by atoms with Gasteiger partial charge in [-0.3, -0.25) is 47.9 Å². The Morgan fingerprint density at radius 2 is 1.13 bits per heavy atom. The zero-order chi connectivity index (χ0) is 57.5. The number of likely N-dealkylation sites (N-methyl/N-ethyl adjacent to an activating group) is 3. The topological polar surface area (TPSA) is 267 Å². The van der Waals surface area contributed by atoms with Gasteiger partial charge in [-0.1, -0.05) is 94.8 Å². The normalized spacial score (nSPS) is 27.5. The zero-order valence-corrected chi connectivity index (χ0v) is 47.2. The van der Waals surface area contributed by atoms with Crippen LogP contribution in [0.5, 0.6) is 0 Å². The molecule has 0 spiro atoms. The van der Waals surface area contributed by atoms with Crippen LogP contribution in [-0.4, -0.2) is 190 Å². The quantitative estimate of drug-likeness (QED) is 0.198. The molecule has 5 rings (SSSR count). The first kappa shape index (κ1) is 61.9. The van der Waals surface area contributed by atoms with Crippen LogP contribution >= 0.6 is 0 Å². The molecule has 3 aliphatic heterocycles. The van der Waals surface area contributed by atoms with Crippen LogP contribution in [0.3, 0.4) is 0 Å². The highest BCUT2D eigenvalue weighted by Crippen LogP contribution is 2.23. The van der Waals surface area contributed by atoms with Gasteiger partial charge in [0.1, 0.15) is 54.4 Å². The molecule has 0 bridgehead atoms. The van der Waals surface area contributed by atoms with Gasteiger partial charge >= 0.3 is 0 Å². The van der Waals surface area contributed by atoms with Gasteiger partial charge in [0, 0.05) is 53.6 Å². The van der Waals surface area contributed by atoms with Crippen molar-refractivity contribution in [2.24, 2.45) is 11.8 Å². The number of nitrogens with zero attached hydrogens (tertiary/aromatic N) is 5. The molecule has 21 heteroatoms. The highest BCUT2D eigenvalue weighted by molar-refractivity contribution is 6.00. The Bertz CT molecular complexity index is 2440. The highest BCUT2D eigenvalue weighted by Gasteiger charge is 2.44. The molecule has 3 heterocycles. The second-order valence-electron chi connectivity index (χ2n) is 21.9.